The first-order valence-electron chi connectivity index (χ1n) is 5.63. The van der Waals surface area contributed by atoms with Crippen LogP contribution in [0.1, 0.15) is 18.9 Å². The van der Waals surface area contributed by atoms with Crippen molar-refractivity contribution in [3.05, 3.63) is 48.6 Å². The van der Waals surface area contributed by atoms with Crippen molar-refractivity contribution in [3.63, 3.8) is 0 Å². The van der Waals surface area contributed by atoms with Crippen molar-refractivity contribution in [1.82, 2.24) is 0 Å². The maximum atomic E-state index is 5.74. The van der Waals surface area contributed by atoms with E-state index in [2.05, 4.69) is 30.6 Å². The lowest BCUT2D eigenvalue weighted by Crippen LogP contribution is -2.13. The molecule has 0 unspecified atom stereocenters. The smallest absolute Gasteiger partial charge is 0.0923 e. The second kappa shape index (κ2) is 7.83. The van der Waals surface area contributed by atoms with Crippen molar-refractivity contribution in [2.45, 2.75) is 26.1 Å². The summed E-state index contributed by atoms with van der Waals surface area (Å²) < 4.78 is 5.74. The first kappa shape index (κ1) is 12.7. The van der Waals surface area contributed by atoms with Crippen LogP contribution in [0.3, 0.4) is 0 Å². The molecule has 0 aliphatic carbocycles. The van der Waals surface area contributed by atoms with Gasteiger partial charge in [0, 0.05) is 6.21 Å². The summed E-state index contributed by atoms with van der Waals surface area (Å²) in [6, 6.07) is 10.2. The molecule has 1 aromatic carbocycles. The second-order valence-corrected chi connectivity index (χ2v) is 3.55. The minimum absolute atomic E-state index is 0.0974. The van der Waals surface area contributed by atoms with E-state index in [-0.39, 0.29) is 6.10 Å². The Morgan fingerprint density at radius 3 is 2.75 bits per heavy atom. The molecule has 2 nitrogen and oxygen atoms in total. The van der Waals surface area contributed by atoms with Gasteiger partial charge in [-0.3, -0.25) is 4.99 Å². The number of aliphatic imine (C=N–C) groups is 1. The third kappa shape index (κ3) is 4.89. The van der Waals surface area contributed by atoms with Crippen LogP contribution in [0.15, 0.2) is 48.0 Å². The molecule has 86 valence electrons. The Labute approximate surface area is 97.7 Å². The molecule has 16 heavy (non-hydrogen) atoms. The van der Waals surface area contributed by atoms with Crippen molar-refractivity contribution >= 4 is 6.21 Å². The molecule has 0 aliphatic rings. The quantitative estimate of drug-likeness (QED) is 0.507. The minimum Gasteiger partial charge on any atom is -0.368 e. The number of benzene rings is 1. The topological polar surface area (TPSA) is 21.6 Å². The molecular weight excluding hydrogens is 198 g/mol. The molecule has 1 rings (SSSR count). The van der Waals surface area contributed by atoms with Crippen LogP contribution < -0.4 is 0 Å². The number of ether oxygens (including phenoxy) is 1. The zero-order valence-electron chi connectivity index (χ0n) is 9.80. The molecule has 0 saturated carbocycles. The number of hydrogen-bond acceptors (Lipinski definition) is 2. The highest BCUT2D eigenvalue weighted by Crippen LogP contribution is 2.04. The van der Waals surface area contributed by atoms with Crippen LogP contribution in [-0.2, 0) is 11.3 Å². The molecular formula is C14H19NO. The first-order valence-corrected chi connectivity index (χ1v) is 5.63. The molecule has 0 heterocycles. The molecule has 0 aromatic heterocycles. The molecule has 0 fully saturated rings. The van der Waals surface area contributed by atoms with Gasteiger partial charge in [-0.1, -0.05) is 43.3 Å². The molecule has 0 N–H and O–H groups in total. The fourth-order valence-electron chi connectivity index (χ4n) is 1.30. The Kier molecular flexibility index (Phi) is 6.19. The Hall–Kier alpha value is -1.41. The van der Waals surface area contributed by atoms with Gasteiger partial charge < -0.3 is 4.74 Å². The summed E-state index contributed by atoms with van der Waals surface area (Å²) in [6.45, 7) is 7.01. The van der Waals surface area contributed by atoms with E-state index in [1.54, 1.807) is 6.08 Å². The van der Waals surface area contributed by atoms with Gasteiger partial charge in [-0.15, -0.1) is 6.58 Å². The van der Waals surface area contributed by atoms with E-state index in [0.717, 1.165) is 6.42 Å². The number of hydrogen-bond donors (Lipinski definition) is 0. The monoisotopic (exact) mass is 217 g/mol. The van der Waals surface area contributed by atoms with E-state index < -0.39 is 0 Å². The molecule has 0 radical (unpaired) electrons. The van der Waals surface area contributed by atoms with E-state index in [0.29, 0.717) is 13.2 Å². The van der Waals surface area contributed by atoms with Crippen LogP contribution >= 0.6 is 0 Å². The number of nitrogens with zero attached hydrogens (tertiary/aromatic N) is 1. The Bertz CT molecular complexity index is 319. The van der Waals surface area contributed by atoms with Gasteiger partial charge >= 0.3 is 0 Å². The fourth-order valence-corrected chi connectivity index (χ4v) is 1.30. The zero-order chi connectivity index (χ0) is 11.6. The van der Waals surface area contributed by atoms with Crippen molar-refractivity contribution in [1.29, 1.82) is 0 Å². The Balaban J connectivity index is 2.36. The molecule has 0 amide bonds. The largest absolute Gasteiger partial charge is 0.368 e. The van der Waals surface area contributed by atoms with Crippen LogP contribution in [0, 0.1) is 0 Å². The van der Waals surface area contributed by atoms with Crippen LogP contribution in [0.25, 0.3) is 0 Å². The predicted octanol–water partition coefficient (Wildman–Crippen LogP) is 3.24. The third-order valence-electron chi connectivity index (χ3n) is 2.22. The van der Waals surface area contributed by atoms with Crippen LogP contribution in [0.5, 0.6) is 0 Å². The average molecular weight is 217 g/mol. The van der Waals surface area contributed by atoms with Crippen molar-refractivity contribution in [2.24, 2.45) is 4.99 Å². The van der Waals surface area contributed by atoms with E-state index >= 15 is 0 Å². The van der Waals surface area contributed by atoms with Crippen molar-refractivity contribution in [2.75, 3.05) is 6.54 Å². The molecule has 0 bridgehead atoms. The highest BCUT2D eigenvalue weighted by molar-refractivity contribution is 5.63. The summed E-state index contributed by atoms with van der Waals surface area (Å²) in [5.74, 6) is 0. The van der Waals surface area contributed by atoms with Gasteiger partial charge in [0.25, 0.3) is 0 Å². The Morgan fingerprint density at radius 2 is 2.12 bits per heavy atom. The van der Waals surface area contributed by atoms with E-state index in [1.807, 2.05) is 24.4 Å². The van der Waals surface area contributed by atoms with Gasteiger partial charge in [0.1, 0.15) is 0 Å². The second-order valence-electron chi connectivity index (χ2n) is 3.55. The van der Waals surface area contributed by atoms with Gasteiger partial charge in [-0.25, -0.2) is 0 Å². The SMILES string of the molecule is C=CCN=C[C@H](CC)OCc1ccccc1. The van der Waals surface area contributed by atoms with Crippen molar-refractivity contribution < 1.29 is 4.74 Å². The molecule has 0 aliphatic heterocycles. The van der Waals surface area contributed by atoms with E-state index in [1.165, 1.54) is 5.56 Å². The summed E-state index contributed by atoms with van der Waals surface area (Å²) in [7, 11) is 0. The summed E-state index contributed by atoms with van der Waals surface area (Å²) in [6.07, 6.45) is 4.68. The maximum Gasteiger partial charge on any atom is 0.0923 e. The standard InChI is InChI=1S/C14H19NO/c1-3-10-15-11-14(4-2)16-12-13-8-6-5-7-9-13/h3,5-9,11,14H,1,4,10,12H2,2H3/t14-/m0/s1. The van der Waals surface area contributed by atoms with Crippen LogP contribution in [0.4, 0.5) is 0 Å². The predicted molar refractivity (Wildman–Crippen MR) is 68.9 cm³/mol. The lowest BCUT2D eigenvalue weighted by Gasteiger charge is -2.11. The van der Waals surface area contributed by atoms with E-state index in [4.69, 9.17) is 4.74 Å². The highest BCUT2D eigenvalue weighted by Gasteiger charge is 2.02. The molecule has 1 aromatic rings. The minimum atomic E-state index is 0.0974. The molecule has 0 saturated heterocycles. The maximum absolute atomic E-state index is 5.74. The first-order chi connectivity index (χ1) is 7.86. The van der Waals surface area contributed by atoms with Gasteiger partial charge in [0.2, 0.25) is 0 Å². The van der Waals surface area contributed by atoms with Crippen LogP contribution in [-0.4, -0.2) is 18.9 Å². The molecule has 0 spiro atoms. The van der Waals surface area contributed by atoms with Gasteiger partial charge in [-0.05, 0) is 12.0 Å². The average Bonchev–Trinajstić information content (AvgIpc) is 2.35. The van der Waals surface area contributed by atoms with Crippen LogP contribution in [0.2, 0.25) is 0 Å². The Morgan fingerprint density at radius 1 is 1.38 bits per heavy atom. The zero-order valence-corrected chi connectivity index (χ0v) is 9.80. The lowest BCUT2D eigenvalue weighted by atomic mass is 10.2. The van der Waals surface area contributed by atoms with E-state index in [9.17, 15) is 0 Å². The summed E-state index contributed by atoms with van der Waals surface area (Å²) in [4.78, 5) is 4.21. The summed E-state index contributed by atoms with van der Waals surface area (Å²) in [5.41, 5.74) is 1.19. The third-order valence-corrected chi connectivity index (χ3v) is 2.22. The normalized spacial score (nSPS) is 12.8. The lowest BCUT2D eigenvalue weighted by molar-refractivity contribution is 0.0851. The fraction of sp³-hybridized carbons (Fsp3) is 0.357. The van der Waals surface area contributed by atoms with Crippen molar-refractivity contribution in [3.8, 4) is 0 Å². The molecule has 1 atom stereocenters. The van der Waals surface area contributed by atoms with Gasteiger partial charge in [-0.2, -0.15) is 0 Å². The number of rotatable bonds is 7. The molecule has 2 heteroatoms. The summed E-state index contributed by atoms with van der Waals surface area (Å²) >= 11 is 0. The highest BCUT2D eigenvalue weighted by atomic mass is 16.5. The van der Waals surface area contributed by atoms with Gasteiger partial charge in [0.05, 0.1) is 19.3 Å². The van der Waals surface area contributed by atoms with Gasteiger partial charge in [0.15, 0.2) is 0 Å². The summed E-state index contributed by atoms with van der Waals surface area (Å²) in [5, 5.41) is 0.